The van der Waals surface area contributed by atoms with Gasteiger partial charge in [0.2, 0.25) is 0 Å². The van der Waals surface area contributed by atoms with Crippen LogP contribution in [0.3, 0.4) is 0 Å². The van der Waals surface area contributed by atoms with E-state index in [-0.39, 0.29) is 10.5 Å². The number of hydrogen-bond acceptors (Lipinski definition) is 3. The lowest BCUT2D eigenvalue weighted by Crippen LogP contribution is -2.07. The van der Waals surface area contributed by atoms with Crippen LogP contribution in [0, 0.1) is 6.92 Å². The number of aryl methyl sites for hydroxylation is 1. The topological polar surface area (TPSA) is 38.1 Å². The van der Waals surface area contributed by atoms with Gasteiger partial charge in [0.05, 0.1) is 5.69 Å². The summed E-state index contributed by atoms with van der Waals surface area (Å²) in [6.07, 6.45) is 0. The van der Waals surface area contributed by atoms with E-state index in [1.807, 2.05) is 32.2 Å². The Hall–Kier alpha value is -1.42. The van der Waals surface area contributed by atoms with Gasteiger partial charge in [0, 0.05) is 22.3 Å². The second kappa shape index (κ2) is 4.93. The van der Waals surface area contributed by atoms with E-state index in [1.54, 1.807) is 16.4 Å². The molecule has 3 nitrogen and oxygen atoms in total. The molecule has 102 valence electrons. The summed E-state index contributed by atoms with van der Waals surface area (Å²) in [4.78, 5) is 1.14. The van der Waals surface area contributed by atoms with E-state index in [0.717, 1.165) is 16.2 Å². The van der Waals surface area contributed by atoms with Crippen molar-refractivity contribution in [2.45, 2.75) is 37.3 Å². The third-order valence-electron chi connectivity index (χ3n) is 2.86. The molecule has 2 rings (SSSR count). The molecule has 1 heterocycles. The van der Waals surface area contributed by atoms with Crippen LogP contribution in [-0.4, -0.2) is 19.6 Å². The Morgan fingerprint density at radius 3 is 2.37 bits per heavy atom. The number of rotatable bonds is 2. The average Bonchev–Trinajstić information content (AvgIpc) is 2.56. The number of hydrogen-bond donors (Lipinski definition) is 1. The van der Waals surface area contributed by atoms with Gasteiger partial charge in [-0.3, -0.25) is 4.68 Å². The van der Waals surface area contributed by atoms with Crippen LogP contribution >= 0.6 is 11.8 Å². The zero-order chi connectivity index (χ0) is 14.2. The highest BCUT2D eigenvalue weighted by Gasteiger charge is 2.20. The smallest absolute Gasteiger partial charge is 0.164 e. The molecular weight excluding hydrogens is 256 g/mol. The maximum Gasteiger partial charge on any atom is 0.164 e. The van der Waals surface area contributed by atoms with Crippen LogP contribution in [0.15, 0.2) is 29.2 Å². The molecule has 0 spiro atoms. The van der Waals surface area contributed by atoms with Crippen LogP contribution in [0.2, 0.25) is 0 Å². The minimum absolute atomic E-state index is 0.121. The van der Waals surface area contributed by atoms with Crippen molar-refractivity contribution < 1.29 is 5.11 Å². The molecule has 0 fully saturated rings. The summed E-state index contributed by atoms with van der Waals surface area (Å²) in [5.74, 6) is 0.268. The first-order chi connectivity index (χ1) is 8.79. The molecule has 19 heavy (non-hydrogen) atoms. The fraction of sp³-hybridized carbons (Fsp3) is 0.400. The monoisotopic (exact) mass is 276 g/mol. The first-order valence-electron chi connectivity index (χ1n) is 6.30. The standard InChI is InChI=1S/C15H20N2OS/c1-10-14(18)13(16-17(10)5)11-8-6-7-9-12(11)19-15(2,3)4/h6-9,18H,1-5H3. The maximum absolute atomic E-state index is 10.2. The molecule has 0 aliphatic rings. The Morgan fingerprint density at radius 2 is 1.84 bits per heavy atom. The molecule has 0 saturated heterocycles. The Kier molecular flexibility index (Phi) is 3.63. The van der Waals surface area contributed by atoms with Crippen molar-refractivity contribution >= 4 is 11.8 Å². The van der Waals surface area contributed by atoms with Crippen molar-refractivity contribution in [2.75, 3.05) is 0 Å². The van der Waals surface area contributed by atoms with E-state index >= 15 is 0 Å². The minimum Gasteiger partial charge on any atom is -0.504 e. The van der Waals surface area contributed by atoms with Crippen molar-refractivity contribution in [3.63, 3.8) is 0 Å². The van der Waals surface area contributed by atoms with Gasteiger partial charge >= 0.3 is 0 Å². The fourth-order valence-corrected chi connectivity index (χ4v) is 2.94. The van der Waals surface area contributed by atoms with Crippen LogP contribution in [-0.2, 0) is 7.05 Å². The lowest BCUT2D eigenvalue weighted by Gasteiger charge is -2.19. The van der Waals surface area contributed by atoms with Gasteiger partial charge in [0.15, 0.2) is 5.75 Å². The van der Waals surface area contributed by atoms with Gasteiger partial charge in [-0.2, -0.15) is 5.10 Å². The highest BCUT2D eigenvalue weighted by atomic mass is 32.2. The van der Waals surface area contributed by atoms with Crippen molar-refractivity contribution in [1.29, 1.82) is 0 Å². The van der Waals surface area contributed by atoms with Gasteiger partial charge in [-0.15, -0.1) is 11.8 Å². The van der Waals surface area contributed by atoms with Crippen LogP contribution in [0.1, 0.15) is 26.5 Å². The normalized spacial score (nSPS) is 11.8. The van der Waals surface area contributed by atoms with Crippen molar-refractivity contribution in [2.24, 2.45) is 7.05 Å². The number of benzene rings is 1. The van der Waals surface area contributed by atoms with Gasteiger partial charge in [-0.25, -0.2) is 0 Å². The fourth-order valence-electron chi connectivity index (χ4n) is 1.86. The molecule has 2 aromatic rings. The van der Waals surface area contributed by atoms with Crippen molar-refractivity contribution in [3.8, 4) is 17.0 Å². The third-order valence-corrected chi connectivity index (χ3v) is 4.05. The van der Waals surface area contributed by atoms with Gasteiger partial charge in [0.1, 0.15) is 5.69 Å². The molecular formula is C15H20N2OS. The molecule has 0 saturated carbocycles. The Balaban J connectivity index is 2.53. The molecule has 0 atom stereocenters. The third kappa shape index (κ3) is 2.95. The number of nitrogens with zero attached hydrogens (tertiary/aromatic N) is 2. The second-order valence-electron chi connectivity index (χ2n) is 5.62. The van der Waals surface area contributed by atoms with E-state index in [1.165, 1.54) is 0 Å². The van der Waals surface area contributed by atoms with Gasteiger partial charge in [0.25, 0.3) is 0 Å². The molecule has 1 aromatic heterocycles. The predicted molar refractivity (Wildman–Crippen MR) is 80.7 cm³/mol. The van der Waals surface area contributed by atoms with Gasteiger partial charge in [-0.1, -0.05) is 39.0 Å². The molecule has 0 aliphatic carbocycles. The minimum atomic E-state index is 0.121. The highest BCUT2D eigenvalue weighted by molar-refractivity contribution is 8.00. The Labute approximate surface area is 118 Å². The molecule has 0 radical (unpaired) electrons. The molecule has 0 unspecified atom stereocenters. The first kappa shape index (κ1) is 14.0. The summed E-state index contributed by atoms with van der Waals surface area (Å²) in [5.41, 5.74) is 2.43. The van der Waals surface area contributed by atoms with E-state index in [9.17, 15) is 5.11 Å². The Bertz CT molecular complexity index is 597. The summed E-state index contributed by atoms with van der Waals surface area (Å²) >= 11 is 1.79. The first-order valence-corrected chi connectivity index (χ1v) is 7.12. The quantitative estimate of drug-likeness (QED) is 0.843. The molecule has 0 amide bonds. The number of aromatic nitrogens is 2. The summed E-state index contributed by atoms with van der Waals surface area (Å²) in [6.45, 7) is 8.40. The number of thioether (sulfide) groups is 1. The summed E-state index contributed by atoms with van der Waals surface area (Å²) < 4.78 is 1.83. The second-order valence-corrected chi connectivity index (χ2v) is 7.49. The lowest BCUT2D eigenvalue weighted by atomic mass is 10.1. The van der Waals surface area contributed by atoms with E-state index in [4.69, 9.17) is 0 Å². The zero-order valence-corrected chi connectivity index (χ0v) is 12.9. The largest absolute Gasteiger partial charge is 0.504 e. The van der Waals surface area contributed by atoms with Crippen LogP contribution < -0.4 is 0 Å². The SMILES string of the molecule is Cc1c(O)c(-c2ccccc2SC(C)(C)C)nn1C. The van der Waals surface area contributed by atoms with Crippen molar-refractivity contribution in [3.05, 3.63) is 30.0 Å². The predicted octanol–water partition coefficient (Wildman–Crippen LogP) is 3.99. The molecule has 0 aliphatic heterocycles. The highest BCUT2D eigenvalue weighted by Crippen LogP contribution is 2.41. The van der Waals surface area contributed by atoms with Crippen LogP contribution in [0.5, 0.6) is 5.75 Å². The summed E-state index contributed by atoms with van der Waals surface area (Å²) in [7, 11) is 1.85. The van der Waals surface area contributed by atoms with E-state index in [0.29, 0.717) is 5.69 Å². The average molecular weight is 276 g/mol. The molecule has 4 heteroatoms. The molecule has 0 bridgehead atoms. The van der Waals surface area contributed by atoms with E-state index in [2.05, 4.69) is 31.9 Å². The molecule has 1 N–H and O–H groups in total. The maximum atomic E-state index is 10.2. The van der Waals surface area contributed by atoms with E-state index < -0.39 is 0 Å². The van der Waals surface area contributed by atoms with Gasteiger partial charge < -0.3 is 5.11 Å². The van der Waals surface area contributed by atoms with Gasteiger partial charge in [-0.05, 0) is 13.0 Å². The van der Waals surface area contributed by atoms with Crippen LogP contribution in [0.4, 0.5) is 0 Å². The zero-order valence-electron chi connectivity index (χ0n) is 12.1. The lowest BCUT2D eigenvalue weighted by molar-refractivity contribution is 0.471. The Morgan fingerprint density at radius 1 is 1.21 bits per heavy atom. The molecule has 1 aromatic carbocycles. The number of aromatic hydroxyl groups is 1. The van der Waals surface area contributed by atoms with Crippen LogP contribution in [0.25, 0.3) is 11.3 Å². The summed E-state index contributed by atoms with van der Waals surface area (Å²) in [5, 5.41) is 14.6. The van der Waals surface area contributed by atoms with Crippen molar-refractivity contribution in [1.82, 2.24) is 9.78 Å². The summed E-state index contributed by atoms with van der Waals surface area (Å²) in [6, 6.07) is 8.08.